The van der Waals surface area contributed by atoms with Gasteiger partial charge in [0.05, 0.1) is 6.61 Å². The first-order valence-electron chi connectivity index (χ1n) is 6.59. The minimum absolute atomic E-state index is 0.385. The maximum Gasteiger partial charge on any atom is 0.251 e. The second kappa shape index (κ2) is 6.97. The van der Waals surface area contributed by atoms with Gasteiger partial charge in [-0.05, 0) is 12.1 Å². The van der Waals surface area contributed by atoms with E-state index in [2.05, 4.69) is 5.32 Å². The number of nitrogens with one attached hydrogen (secondary N) is 1. The Balaban J connectivity index is 2.09. The van der Waals surface area contributed by atoms with Crippen molar-refractivity contribution in [3.05, 3.63) is 35.9 Å². The molecule has 0 bridgehead atoms. The highest BCUT2D eigenvalue weighted by atomic mass is 16.7. The van der Waals surface area contributed by atoms with Crippen molar-refractivity contribution in [1.82, 2.24) is 5.32 Å². The summed E-state index contributed by atoms with van der Waals surface area (Å²) in [5.74, 6) is -0.385. The van der Waals surface area contributed by atoms with Gasteiger partial charge in [0.15, 0.2) is 6.29 Å². The fraction of sp³-hybridized carbons (Fsp3) is 0.500. The molecule has 1 fully saturated rings. The summed E-state index contributed by atoms with van der Waals surface area (Å²) < 4.78 is 10.4. The Morgan fingerprint density at radius 2 is 2.10 bits per heavy atom. The molecular formula is C14H19NO6. The molecular weight excluding hydrogens is 278 g/mol. The molecule has 1 amide bonds. The van der Waals surface area contributed by atoms with E-state index in [1.54, 1.807) is 30.3 Å². The summed E-state index contributed by atoms with van der Waals surface area (Å²) in [6.45, 7) is -0.558. The number of hydrogen-bond donors (Lipinski definition) is 4. The molecule has 1 aliphatic rings. The zero-order valence-corrected chi connectivity index (χ0v) is 11.5. The third-order valence-corrected chi connectivity index (χ3v) is 3.42. The van der Waals surface area contributed by atoms with Crippen molar-refractivity contribution >= 4 is 5.91 Å². The van der Waals surface area contributed by atoms with E-state index in [9.17, 15) is 15.0 Å². The molecule has 0 radical (unpaired) electrons. The number of ether oxygens (including phenoxy) is 2. The normalized spacial score (nSPS) is 30.1. The van der Waals surface area contributed by atoms with Gasteiger partial charge < -0.3 is 30.1 Å². The number of carbonyl (C=O) groups excluding carboxylic acids is 1. The van der Waals surface area contributed by atoms with Crippen LogP contribution in [0.5, 0.6) is 0 Å². The number of amides is 1. The van der Waals surface area contributed by atoms with Crippen molar-refractivity contribution in [3.8, 4) is 0 Å². The van der Waals surface area contributed by atoms with E-state index >= 15 is 0 Å². The summed E-state index contributed by atoms with van der Waals surface area (Å²) in [4.78, 5) is 12.1. The number of carbonyl (C=O) groups is 1. The lowest BCUT2D eigenvalue weighted by atomic mass is 10.0. The average molecular weight is 297 g/mol. The van der Waals surface area contributed by atoms with E-state index in [-0.39, 0.29) is 5.91 Å². The molecule has 21 heavy (non-hydrogen) atoms. The van der Waals surface area contributed by atoms with E-state index in [0.29, 0.717) is 5.56 Å². The minimum atomic E-state index is -1.25. The molecule has 0 aliphatic carbocycles. The third kappa shape index (κ3) is 3.39. The summed E-state index contributed by atoms with van der Waals surface area (Å²) in [5.41, 5.74) is 0.436. The van der Waals surface area contributed by atoms with Gasteiger partial charge in [-0.3, -0.25) is 4.79 Å². The van der Waals surface area contributed by atoms with Gasteiger partial charge in [-0.25, -0.2) is 0 Å². The van der Waals surface area contributed by atoms with Crippen LogP contribution >= 0.6 is 0 Å². The molecule has 1 aliphatic heterocycles. The summed E-state index contributed by atoms with van der Waals surface area (Å²) >= 11 is 0. The van der Waals surface area contributed by atoms with Crippen molar-refractivity contribution in [2.75, 3.05) is 13.7 Å². The van der Waals surface area contributed by atoms with Gasteiger partial charge >= 0.3 is 0 Å². The van der Waals surface area contributed by atoms with Crippen LogP contribution in [0.2, 0.25) is 0 Å². The molecule has 1 aromatic rings. The van der Waals surface area contributed by atoms with Crippen LogP contribution in [0.4, 0.5) is 0 Å². The second-order valence-corrected chi connectivity index (χ2v) is 4.81. The number of hydrogen-bond acceptors (Lipinski definition) is 6. The van der Waals surface area contributed by atoms with Crippen LogP contribution in [0.25, 0.3) is 0 Å². The SMILES string of the molecule is CO[C@@H]1O[C@H]([C@@H](O)CO)[C@@H](O)[C@H]1NC(=O)c1ccccc1. The predicted octanol–water partition coefficient (Wildman–Crippen LogP) is -1.13. The maximum atomic E-state index is 12.1. The summed E-state index contributed by atoms with van der Waals surface area (Å²) in [6, 6.07) is 7.67. The molecule has 1 saturated heterocycles. The minimum Gasteiger partial charge on any atom is -0.394 e. The zero-order valence-electron chi connectivity index (χ0n) is 11.5. The largest absolute Gasteiger partial charge is 0.394 e. The van der Waals surface area contributed by atoms with Crippen LogP contribution in [0, 0.1) is 0 Å². The first kappa shape index (κ1) is 15.9. The lowest BCUT2D eigenvalue weighted by molar-refractivity contribution is -0.153. The molecule has 0 aromatic heterocycles. The highest BCUT2D eigenvalue weighted by Gasteiger charge is 2.47. The van der Waals surface area contributed by atoms with Crippen LogP contribution in [-0.2, 0) is 9.47 Å². The van der Waals surface area contributed by atoms with Gasteiger partial charge in [0.2, 0.25) is 0 Å². The first-order valence-corrected chi connectivity index (χ1v) is 6.59. The van der Waals surface area contributed by atoms with Crippen molar-refractivity contribution in [2.45, 2.75) is 30.6 Å². The van der Waals surface area contributed by atoms with E-state index in [0.717, 1.165) is 0 Å². The van der Waals surface area contributed by atoms with Crippen LogP contribution < -0.4 is 5.32 Å². The molecule has 1 aromatic carbocycles. The van der Waals surface area contributed by atoms with E-state index in [4.69, 9.17) is 14.6 Å². The van der Waals surface area contributed by atoms with E-state index in [1.807, 2.05) is 0 Å². The molecule has 2 rings (SSSR count). The van der Waals surface area contributed by atoms with Gasteiger partial charge in [-0.2, -0.15) is 0 Å². The van der Waals surface area contributed by atoms with Gasteiger partial charge in [0, 0.05) is 12.7 Å². The molecule has 7 nitrogen and oxygen atoms in total. The lowest BCUT2D eigenvalue weighted by Gasteiger charge is -2.21. The Morgan fingerprint density at radius 1 is 1.43 bits per heavy atom. The number of benzene rings is 1. The van der Waals surface area contributed by atoms with Crippen LogP contribution in [-0.4, -0.2) is 65.6 Å². The number of aliphatic hydroxyl groups excluding tert-OH is 3. The first-order chi connectivity index (χ1) is 10.1. The Bertz CT molecular complexity index is 468. The molecule has 1 heterocycles. The van der Waals surface area contributed by atoms with Crippen molar-refractivity contribution in [3.63, 3.8) is 0 Å². The van der Waals surface area contributed by atoms with Gasteiger partial charge in [0.1, 0.15) is 24.4 Å². The summed E-state index contributed by atoms with van der Waals surface area (Å²) in [5, 5.41) is 31.3. The monoisotopic (exact) mass is 297 g/mol. The van der Waals surface area contributed by atoms with Crippen molar-refractivity contribution in [1.29, 1.82) is 0 Å². The predicted molar refractivity (Wildman–Crippen MR) is 72.5 cm³/mol. The lowest BCUT2D eigenvalue weighted by Crippen LogP contribution is -2.49. The third-order valence-electron chi connectivity index (χ3n) is 3.42. The number of methoxy groups -OCH3 is 1. The second-order valence-electron chi connectivity index (χ2n) is 4.81. The Kier molecular flexibility index (Phi) is 5.27. The van der Waals surface area contributed by atoms with Gasteiger partial charge in [0.25, 0.3) is 5.91 Å². The molecule has 0 unspecified atom stereocenters. The molecule has 116 valence electrons. The standard InChI is InChI=1S/C14H19NO6/c1-20-14-10(11(18)12(21-14)9(17)7-16)15-13(19)8-5-3-2-4-6-8/h2-6,9-12,14,16-18H,7H2,1H3,(H,15,19)/t9-,10+,11-,12+,14+/m0/s1. The van der Waals surface area contributed by atoms with Gasteiger partial charge in [-0.1, -0.05) is 18.2 Å². The fourth-order valence-corrected chi connectivity index (χ4v) is 2.29. The molecule has 5 atom stereocenters. The molecule has 0 spiro atoms. The molecule has 0 saturated carbocycles. The highest BCUT2D eigenvalue weighted by molar-refractivity contribution is 5.94. The quantitative estimate of drug-likeness (QED) is 0.548. The Hall–Kier alpha value is -1.51. The van der Waals surface area contributed by atoms with E-state index in [1.165, 1.54) is 7.11 Å². The number of rotatable bonds is 5. The molecule has 4 N–H and O–H groups in total. The summed E-state index contributed by atoms with van der Waals surface area (Å²) in [6.07, 6.45) is -4.37. The maximum absolute atomic E-state index is 12.1. The highest BCUT2D eigenvalue weighted by Crippen LogP contribution is 2.24. The summed E-state index contributed by atoms with van der Waals surface area (Å²) in [7, 11) is 1.37. The smallest absolute Gasteiger partial charge is 0.251 e. The van der Waals surface area contributed by atoms with E-state index < -0.39 is 37.3 Å². The molecule has 7 heteroatoms. The average Bonchev–Trinajstić information content (AvgIpc) is 2.84. The zero-order chi connectivity index (χ0) is 15.4. The van der Waals surface area contributed by atoms with Crippen LogP contribution in [0.3, 0.4) is 0 Å². The Labute approximate surface area is 122 Å². The van der Waals surface area contributed by atoms with Gasteiger partial charge in [-0.15, -0.1) is 0 Å². The van der Waals surface area contributed by atoms with Crippen molar-refractivity contribution < 1.29 is 29.6 Å². The Morgan fingerprint density at radius 3 is 2.67 bits per heavy atom. The van der Waals surface area contributed by atoms with Crippen LogP contribution in [0.15, 0.2) is 30.3 Å². The number of aliphatic hydroxyl groups is 3. The van der Waals surface area contributed by atoms with Crippen LogP contribution in [0.1, 0.15) is 10.4 Å². The topological polar surface area (TPSA) is 108 Å². The fourth-order valence-electron chi connectivity index (χ4n) is 2.29. The van der Waals surface area contributed by atoms with Crippen molar-refractivity contribution in [2.24, 2.45) is 0 Å².